The third-order valence-corrected chi connectivity index (χ3v) is 8.26. The number of sulfonamides is 1. The van der Waals surface area contributed by atoms with Gasteiger partial charge < -0.3 is 14.2 Å². The van der Waals surface area contributed by atoms with Crippen molar-refractivity contribution < 1.29 is 32.2 Å². The molecular weight excluding hydrogens is 531 g/mol. The molecule has 0 N–H and O–H groups in total. The van der Waals surface area contributed by atoms with Crippen LogP contribution < -0.4 is 4.74 Å². The molecule has 1 amide bonds. The minimum absolute atomic E-state index is 0.00134. The van der Waals surface area contributed by atoms with E-state index < -0.39 is 28.6 Å². The highest BCUT2D eigenvalue weighted by molar-refractivity contribution is 7.90. The van der Waals surface area contributed by atoms with Gasteiger partial charge in [-0.25, -0.2) is 13.2 Å². The van der Waals surface area contributed by atoms with Gasteiger partial charge in [0.1, 0.15) is 17.3 Å². The number of ether oxygens (including phenoxy) is 3. The van der Waals surface area contributed by atoms with Crippen LogP contribution in [0.25, 0.3) is 0 Å². The van der Waals surface area contributed by atoms with Crippen LogP contribution in [-0.4, -0.2) is 75.7 Å². The van der Waals surface area contributed by atoms with Crippen LogP contribution in [0.4, 0.5) is 0 Å². The number of morpholine rings is 1. The lowest BCUT2D eigenvalue weighted by Crippen LogP contribution is -2.38. The quantitative estimate of drug-likeness (QED) is 0.452. The first-order chi connectivity index (χ1) is 17.1. The van der Waals surface area contributed by atoms with Crippen LogP contribution in [0.3, 0.4) is 0 Å². The van der Waals surface area contributed by atoms with E-state index in [1.807, 2.05) is 13.8 Å². The summed E-state index contributed by atoms with van der Waals surface area (Å²) < 4.78 is 43.5. The average molecular weight is 557 g/mol. The highest BCUT2D eigenvalue weighted by atomic mass is 35.5. The van der Waals surface area contributed by atoms with Crippen molar-refractivity contribution in [1.29, 1.82) is 0 Å². The first-order valence-electron chi connectivity index (χ1n) is 11.4. The maximum Gasteiger partial charge on any atom is 0.341 e. The molecule has 4 rings (SSSR count). The molecule has 0 radical (unpaired) electrons. The van der Waals surface area contributed by atoms with E-state index in [0.717, 1.165) is 13.1 Å². The maximum atomic E-state index is 13.3. The summed E-state index contributed by atoms with van der Waals surface area (Å²) in [6, 6.07) is 7.22. The van der Waals surface area contributed by atoms with Crippen LogP contribution in [-0.2, 0) is 19.5 Å². The Morgan fingerprint density at radius 1 is 1.14 bits per heavy atom. The number of halogens is 2. The Morgan fingerprint density at radius 2 is 1.86 bits per heavy atom. The highest BCUT2D eigenvalue weighted by Gasteiger charge is 2.44. The van der Waals surface area contributed by atoms with Crippen molar-refractivity contribution in [2.24, 2.45) is 0 Å². The molecule has 0 spiro atoms. The van der Waals surface area contributed by atoms with Crippen LogP contribution in [0.15, 0.2) is 35.2 Å². The zero-order chi connectivity index (χ0) is 26.0. The molecule has 2 heterocycles. The number of carbonyl (C=O) groups is 2. The molecule has 0 atom stereocenters. The van der Waals surface area contributed by atoms with Crippen LogP contribution in [0.2, 0.25) is 10.0 Å². The van der Waals surface area contributed by atoms with Gasteiger partial charge in [0.2, 0.25) is 0 Å². The van der Waals surface area contributed by atoms with E-state index in [2.05, 4.69) is 4.90 Å². The third kappa shape index (κ3) is 5.47. The lowest BCUT2D eigenvalue weighted by molar-refractivity contribution is 0.0322. The second-order valence-corrected chi connectivity index (χ2v) is 11.4. The Bertz CT molecular complexity index is 1280. The number of benzene rings is 2. The van der Waals surface area contributed by atoms with Crippen molar-refractivity contribution in [3.8, 4) is 5.75 Å². The fraction of sp³-hybridized carbons (Fsp3) is 0.417. The largest absolute Gasteiger partial charge is 0.492 e. The van der Waals surface area contributed by atoms with Gasteiger partial charge in [-0.05, 0) is 35.7 Å². The Morgan fingerprint density at radius 3 is 2.53 bits per heavy atom. The van der Waals surface area contributed by atoms with Gasteiger partial charge in [-0.15, -0.1) is 0 Å². The fourth-order valence-electron chi connectivity index (χ4n) is 4.03. The van der Waals surface area contributed by atoms with Gasteiger partial charge in [-0.3, -0.25) is 9.69 Å². The summed E-state index contributed by atoms with van der Waals surface area (Å²) in [6.45, 7) is 6.90. The lowest BCUT2D eigenvalue weighted by atomic mass is 9.96. The zero-order valence-corrected chi connectivity index (χ0v) is 22.2. The number of amides is 1. The summed E-state index contributed by atoms with van der Waals surface area (Å²) in [5, 5.41) is 0.376. The molecule has 194 valence electrons. The molecule has 2 aromatic carbocycles. The molecule has 0 saturated carbocycles. The van der Waals surface area contributed by atoms with E-state index in [4.69, 9.17) is 37.4 Å². The molecule has 1 saturated heterocycles. The number of fused-ring (bicyclic) bond motifs is 1. The lowest BCUT2D eigenvalue weighted by Gasteiger charge is -2.26. The second kappa shape index (κ2) is 10.9. The summed E-state index contributed by atoms with van der Waals surface area (Å²) in [5.41, 5.74) is 0.601. The van der Waals surface area contributed by atoms with Crippen molar-refractivity contribution in [2.75, 3.05) is 46.2 Å². The number of hydrogen-bond acceptors (Lipinski definition) is 8. The summed E-state index contributed by atoms with van der Waals surface area (Å²) in [7, 11) is -4.27. The number of carbonyl (C=O) groups excluding carboxylic acids is 2. The number of nitrogens with zero attached hydrogens (tertiary/aromatic N) is 2. The molecule has 9 nitrogen and oxygen atoms in total. The Kier molecular flexibility index (Phi) is 8.11. The van der Waals surface area contributed by atoms with Gasteiger partial charge in [0, 0.05) is 30.7 Å². The molecule has 12 heteroatoms. The molecule has 2 aromatic rings. The standard InChI is InChI=1S/C24H26Cl2N2O7S/c1-15(2)19-12-17(34-10-7-27-5-8-33-9-6-27)13-21-22(19)23(29)28(36(21,31)32)14-35-24(30)18-4-3-16(25)11-20(18)26/h3-4,11-13,15H,5-10,14H2,1-2H3. The van der Waals surface area contributed by atoms with Gasteiger partial charge in [-0.1, -0.05) is 37.0 Å². The SMILES string of the molecule is CC(C)c1cc(OCCN2CCOCC2)cc2c1C(=O)N(COC(=O)c1ccc(Cl)cc1Cl)S2(=O)=O. The molecule has 36 heavy (non-hydrogen) atoms. The first-order valence-corrected chi connectivity index (χ1v) is 13.6. The smallest absolute Gasteiger partial charge is 0.341 e. The maximum absolute atomic E-state index is 13.3. The summed E-state index contributed by atoms with van der Waals surface area (Å²) in [6.07, 6.45) is 0. The normalized spacial score (nSPS) is 17.4. The van der Waals surface area contributed by atoms with Crippen molar-refractivity contribution in [1.82, 2.24) is 9.21 Å². The molecule has 0 aliphatic carbocycles. The average Bonchev–Trinajstić information content (AvgIpc) is 3.02. The number of rotatable bonds is 8. The minimum atomic E-state index is -4.27. The minimum Gasteiger partial charge on any atom is -0.492 e. The Labute approximate surface area is 219 Å². The second-order valence-electron chi connectivity index (χ2n) is 8.69. The monoisotopic (exact) mass is 556 g/mol. The van der Waals surface area contributed by atoms with Crippen LogP contribution in [0.5, 0.6) is 5.75 Å². The predicted molar refractivity (Wildman–Crippen MR) is 133 cm³/mol. The molecule has 2 aliphatic rings. The summed E-state index contributed by atoms with van der Waals surface area (Å²) in [4.78, 5) is 27.7. The number of esters is 1. The zero-order valence-electron chi connectivity index (χ0n) is 19.8. The highest BCUT2D eigenvalue weighted by Crippen LogP contribution is 2.38. The molecule has 0 bridgehead atoms. The van der Waals surface area contributed by atoms with E-state index in [-0.39, 0.29) is 27.0 Å². The van der Waals surface area contributed by atoms with Crippen LogP contribution in [0.1, 0.15) is 46.0 Å². The fourth-order valence-corrected chi connectivity index (χ4v) is 5.98. The van der Waals surface area contributed by atoms with Crippen molar-refractivity contribution in [3.63, 3.8) is 0 Å². The summed E-state index contributed by atoms with van der Waals surface area (Å²) in [5.74, 6) is -1.44. The Hall–Kier alpha value is -2.37. The predicted octanol–water partition coefficient (Wildman–Crippen LogP) is 3.79. The number of hydrogen-bond donors (Lipinski definition) is 0. The van der Waals surface area contributed by atoms with Gasteiger partial charge in [0.15, 0.2) is 6.73 Å². The Balaban J connectivity index is 1.53. The molecule has 0 aromatic heterocycles. The van der Waals surface area contributed by atoms with Crippen LogP contribution in [0, 0.1) is 0 Å². The van der Waals surface area contributed by atoms with Crippen molar-refractivity contribution in [3.05, 3.63) is 57.1 Å². The topological polar surface area (TPSA) is 102 Å². The van der Waals surface area contributed by atoms with E-state index >= 15 is 0 Å². The molecular formula is C24H26Cl2N2O7S. The summed E-state index contributed by atoms with van der Waals surface area (Å²) >= 11 is 11.9. The van der Waals surface area contributed by atoms with Crippen molar-refractivity contribution >= 4 is 45.1 Å². The van der Waals surface area contributed by atoms with Gasteiger partial charge in [0.05, 0.1) is 29.4 Å². The van der Waals surface area contributed by atoms with Gasteiger partial charge in [0.25, 0.3) is 15.9 Å². The van der Waals surface area contributed by atoms with E-state index in [1.165, 1.54) is 24.3 Å². The van der Waals surface area contributed by atoms with E-state index in [0.29, 0.717) is 47.0 Å². The van der Waals surface area contributed by atoms with E-state index in [9.17, 15) is 18.0 Å². The van der Waals surface area contributed by atoms with E-state index in [1.54, 1.807) is 6.07 Å². The van der Waals surface area contributed by atoms with Gasteiger partial charge >= 0.3 is 5.97 Å². The van der Waals surface area contributed by atoms with Gasteiger partial charge in [-0.2, -0.15) is 4.31 Å². The molecule has 1 fully saturated rings. The van der Waals surface area contributed by atoms with Crippen molar-refractivity contribution in [2.45, 2.75) is 24.7 Å². The first kappa shape index (κ1) is 26.7. The van der Waals surface area contributed by atoms with Crippen LogP contribution >= 0.6 is 23.2 Å². The molecule has 2 aliphatic heterocycles. The third-order valence-electron chi connectivity index (χ3n) is 5.98. The molecule has 0 unspecified atom stereocenters.